The molecule has 0 bridgehead atoms. The summed E-state index contributed by atoms with van der Waals surface area (Å²) in [5, 5.41) is 0. The number of rotatable bonds is 10. The first kappa shape index (κ1) is 16.0. The molecule has 0 spiro atoms. The monoisotopic (exact) mass is 260 g/mol. The fourth-order valence-electron chi connectivity index (χ4n) is 2.05. The number of ether oxygens (including phenoxy) is 1. The molecule has 0 amide bonds. The molecule has 0 aliphatic rings. The van der Waals surface area contributed by atoms with Crippen molar-refractivity contribution >= 4 is 0 Å². The molecule has 0 aromatic heterocycles. The van der Waals surface area contributed by atoms with Gasteiger partial charge in [0, 0.05) is 6.61 Å². The number of hydrogen-bond donors (Lipinski definition) is 0. The fourth-order valence-corrected chi connectivity index (χ4v) is 2.05. The third-order valence-electron chi connectivity index (χ3n) is 3.46. The molecule has 1 aromatic rings. The number of unbranched alkanes of at least 4 members (excludes halogenated alkanes) is 4. The van der Waals surface area contributed by atoms with E-state index < -0.39 is 0 Å². The maximum atomic E-state index is 5.67. The van der Waals surface area contributed by atoms with Gasteiger partial charge in [0.2, 0.25) is 0 Å². The average molecular weight is 260 g/mol. The van der Waals surface area contributed by atoms with Crippen LogP contribution in [-0.4, -0.2) is 6.61 Å². The van der Waals surface area contributed by atoms with Gasteiger partial charge in [-0.2, -0.15) is 0 Å². The summed E-state index contributed by atoms with van der Waals surface area (Å²) in [4.78, 5) is 0. The lowest BCUT2D eigenvalue weighted by atomic mass is 10.1. The van der Waals surface area contributed by atoms with Crippen molar-refractivity contribution in [2.45, 2.75) is 59.0 Å². The van der Waals surface area contributed by atoms with Gasteiger partial charge in [-0.25, -0.2) is 0 Å². The minimum Gasteiger partial charge on any atom is -0.377 e. The van der Waals surface area contributed by atoms with E-state index in [0.717, 1.165) is 13.2 Å². The van der Waals surface area contributed by atoms with E-state index in [2.05, 4.69) is 44.2 Å². The zero-order valence-electron chi connectivity index (χ0n) is 12.5. The Morgan fingerprint density at radius 2 is 1.68 bits per heavy atom. The second kappa shape index (κ2) is 10.8. The third kappa shape index (κ3) is 8.61. The van der Waals surface area contributed by atoms with Crippen LogP contribution in [0.4, 0.5) is 0 Å². The van der Waals surface area contributed by atoms with E-state index in [1.807, 2.05) is 6.07 Å². The molecular weight excluding hydrogens is 232 g/mol. The van der Waals surface area contributed by atoms with Crippen LogP contribution in [-0.2, 0) is 11.3 Å². The van der Waals surface area contributed by atoms with Crippen molar-refractivity contribution in [2.75, 3.05) is 6.61 Å². The molecule has 0 saturated heterocycles. The SMILES string of the molecule is CC=C(C)CCCCCCCOCc1ccccc1. The highest BCUT2D eigenvalue weighted by atomic mass is 16.5. The number of hydrogen-bond acceptors (Lipinski definition) is 1. The molecule has 0 atom stereocenters. The second-order valence-electron chi connectivity index (χ2n) is 5.19. The van der Waals surface area contributed by atoms with Gasteiger partial charge in [0.25, 0.3) is 0 Å². The lowest BCUT2D eigenvalue weighted by molar-refractivity contribution is 0.116. The molecular formula is C18H28O. The van der Waals surface area contributed by atoms with E-state index in [0.29, 0.717) is 0 Å². The van der Waals surface area contributed by atoms with Gasteiger partial charge in [-0.1, -0.05) is 61.2 Å². The van der Waals surface area contributed by atoms with Gasteiger partial charge < -0.3 is 4.74 Å². The summed E-state index contributed by atoms with van der Waals surface area (Å²) in [6, 6.07) is 10.4. The van der Waals surface area contributed by atoms with Crippen LogP contribution in [0.5, 0.6) is 0 Å². The van der Waals surface area contributed by atoms with Gasteiger partial charge >= 0.3 is 0 Å². The van der Waals surface area contributed by atoms with Crippen LogP contribution in [0.1, 0.15) is 57.9 Å². The molecule has 1 rings (SSSR count). The summed E-state index contributed by atoms with van der Waals surface area (Å²) < 4.78 is 5.67. The summed E-state index contributed by atoms with van der Waals surface area (Å²) in [5.74, 6) is 0. The predicted molar refractivity (Wildman–Crippen MR) is 83.2 cm³/mol. The largest absolute Gasteiger partial charge is 0.377 e. The van der Waals surface area contributed by atoms with E-state index in [1.165, 1.54) is 49.7 Å². The Morgan fingerprint density at radius 1 is 1.00 bits per heavy atom. The molecule has 1 heteroatoms. The first-order valence-corrected chi connectivity index (χ1v) is 7.56. The Balaban J connectivity index is 1.86. The smallest absolute Gasteiger partial charge is 0.0716 e. The Labute approximate surface area is 118 Å². The highest BCUT2D eigenvalue weighted by Gasteiger charge is 1.94. The topological polar surface area (TPSA) is 9.23 Å². The highest BCUT2D eigenvalue weighted by molar-refractivity contribution is 5.13. The summed E-state index contributed by atoms with van der Waals surface area (Å²) in [7, 11) is 0. The lowest BCUT2D eigenvalue weighted by Crippen LogP contribution is -1.95. The van der Waals surface area contributed by atoms with Crippen LogP contribution in [0.15, 0.2) is 42.0 Å². The van der Waals surface area contributed by atoms with E-state index >= 15 is 0 Å². The molecule has 0 heterocycles. The molecule has 1 nitrogen and oxygen atoms in total. The van der Waals surface area contributed by atoms with Crippen molar-refractivity contribution in [1.29, 1.82) is 0 Å². The van der Waals surface area contributed by atoms with Crippen LogP contribution in [0, 0.1) is 0 Å². The standard InChI is InChI=1S/C18H28O/c1-3-17(2)12-8-5-4-6-11-15-19-16-18-13-9-7-10-14-18/h3,7,9-10,13-14H,4-6,8,11-12,15-16H2,1-2H3. The van der Waals surface area contributed by atoms with E-state index in [1.54, 1.807) is 0 Å². The molecule has 1 aromatic carbocycles. The Morgan fingerprint density at radius 3 is 2.42 bits per heavy atom. The van der Waals surface area contributed by atoms with Gasteiger partial charge in [-0.15, -0.1) is 0 Å². The fraction of sp³-hybridized carbons (Fsp3) is 0.556. The molecule has 0 fully saturated rings. The maximum absolute atomic E-state index is 5.67. The summed E-state index contributed by atoms with van der Waals surface area (Å²) in [6.07, 6.45) is 9.99. The number of allylic oxidation sites excluding steroid dienone is 2. The molecule has 0 unspecified atom stereocenters. The van der Waals surface area contributed by atoms with Crippen molar-refractivity contribution in [3.8, 4) is 0 Å². The molecule has 0 radical (unpaired) electrons. The van der Waals surface area contributed by atoms with E-state index in [-0.39, 0.29) is 0 Å². The van der Waals surface area contributed by atoms with Gasteiger partial charge in [0.15, 0.2) is 0 Å². The van der Waals surface area contributed by atoms with Crippen molar-refractivity contribution in [1.82, 2.24) is 0 Å². The first-order chi connectivity index (χ1) is 9.33. The van der Waals surface area contributed by atoms with Gasteiger partial charge in [-0.05, 0) is 38.7 Å². The average Bonchev–Trinajstić information content (AvgIpc) is 2.46. The lowest BCUT2D eigenvalue weighted by Gasteiger charge is -2.05. The second-order valence-corrected chi connectivity index (χ2v) is 5.19. The Kier molecular flexibility index (Phi) is 9.09. The van der Waals surface area contributed by atoms with Crippen LogP contribution in [0.2, 0.25) is 0 Å². The molecule has 19 heavy (non-hydrogen) atoms. The highest BCUT2D eigenvalue weighted by Crippen LogP contribution is 2.10. The zero-order chi connectivity index (χ0) is 13.8. The third-order valence-corrected chi connectivity index (χ3v) is 3.46. The summed E-state index contributed by atoms with van der Waals surface area (Å²) in [6.45, 7) is 5.99. The van der Waals surface area contributed by atoms with E-state index in [4.69, 9.17) is 4.74 Å². The normalized spacial score (nSPS) is 11.8. The van der Waals surface area contributed by atoms with Crippen LogP contribution >= 0.6 is 0 Å². The van der Waals surface area contributed by atoms with Gasteiger partial charge in [0.05, 0.1) is 6.61 Å². The minimum atomic E-state index is 0.751. The first-order valence-electron chi connectivity index (χ1n) is 7.56. The molecule has 0 N–H and O–H groups in total. The van der Waals surface area contributed by atoms with Gasteiger partial charge in [-0.3, -0.25) is 0 Å². The zero-order valence-corrected chi connectivity index (χ0v) is 12.5. The Bertz CT molecular complexity index is 340. The van der Waals surface area contributed by atoms with Crippen LogP contribution in [0.3, 0.4) is 0 Å². The van der Waals surface area contributed by atoms with Crippen LogP contribution in [0.25, 0.3) is 0 Å². The van der Waals surface area contributed by atoms with E-state index in [9.17, 15) is 0 Å². The van der Waals surface area contributed by atoms with Crippen molar-refractivity contribution in [3.63, 3.8) is 0 Å². The molecule has 106 valence electrons. The molecule has 0 aliphatic carbocycles. The maximum Gasteiger partial charge on any atom is 0.0716 e. The van der Waals surface area contributed by atoms with Crippen molar-refractivity contribution in [3.05, 3.63) is 47.5 Å². The Hall–Kier alpha value is -1.08. The predicted octanol–water partition coefficient (Wildman–Crippen LogP) is 5.51. The minimum absolute atomic E-state index is 0.751. The molecule has 0 aliphatic heterocycles. The quantitative estimate of drug-likeness (QED) is 0.398. The summed E-state index contributed by atoms with van der Waals surface area (Å²) >= 11 is 0. The van der Waals surface area contributed by atoms with Gasteiger partial charge in [0.1, 0.15) is 0 Å². The number of benzene rings is 1. The van der Waals surface area contributed by atoms with Crippen molar-refractivity contribution in [2.24, 2.45) is 0 Å². The van der Waals surface area contributed by atoms with Crippen LogP contribution < -0.4 is 0 Å². The van der Waals surface area contributed by atoms with Crippen molar-refractivity contribution < 1.29 is 4.74 Å². The molecule has 0 saturated carbocycles. The summed E-state index contributed by atoms with van der Waals surface area (Å²) in [5.41, 5.74) is 2.79.